The average molecular weight is 358 g/mol. The Bertz CT molecular complexity index is 620. The summed E-state index contributed by atoms with van der Waals surface area (Å²) in [4.78, 5) is 11.9. The number of benzene rings is 2. The van der Waals surface area contributed by atoms with Gasteiger partial charge in [0.05, 0.1) is 0 Å². The van der Waals surface area contributed by atoms with Gasteiger partial charge < -0.3 is 5.32 Å². The molecule has 2 aromatic rings. The maximum absolute atomic E-state index is 11.9. The van der Waals surface area contributed by atoms with Gasteiger partial charge in [-0.25, -0.2) is 0 Å². The molecule has 0 aromatic heterocycles. The third-order valence-corrected chi connectivity index (χ3v) is 3.92. The number of aryl methyl sites for hydroxylation is 1. The molecular formula is C19H20BrNO. The van der Waals surface area contributed by atoms with Crippen LogP contribution < -0.4 is 5.32 Å². The van der Waals surface area contributed by atoms with Gasteiger partial charge in [0.25, 0.3) is 0 Å². The van der Waals surface area contributed by atoms with Crippen LogP contribution >= 0.6 is 15.9 Å². The molecule has 0 aliphatic carbocycles. The number of halogens is 1. The Morgan fingerprint density at radius 1 is 1.14 bits per heavy atom. The van der Waals surface area contributed by atoms with E-state index in [4.69, 9.17) is 0 Å². The monoisotopic (exact) mass is 357 g/mol. The molecule has 1 amide bonds. The third-order valence-electron chi connectivity index (χ3n) is 3.39. The van der Waals surface area contributed by atoms with Crippen molar-refractivity contribution in [2.45, 2.75) is 25.8 Å². The van der Waals surface area contributed by atoms with Crippen LogP contribution in [-0.4, -0.2) is 11.9 Å². The standard InChI is InChI=1S/C19H20BrNO/c1-15(7-8-16-5-3-2-4-6-16)21-19(22)14-11-17-9-12-18(20)13-10-17/h2-6,9-15H,7-8H2,1H3,(H,21,22)/b14-11+. The van der Waals surface area contributed by atoms with E-state index in [0.29, 0.717) is 0 Å². The summed E-state index contributed by atoms with van der Waals surface area (Å²) < 4.78 is 1.03. The lowest BCUT2D eigenvalue weighted by Gasteiger charge is -2.12. The number of carbonyl (C=O) groups is 1. The summed E-state index contributed by atoms with van der Waals surface area (Å²) in [5, 5.41) is 3.00. The van der Waals surface area contributed by atoms with E-state index in [1.165, 1.54) is 5.56 Å². The first kappa shape index (κ1) is 16.5. The number of carbonyl (C=O) groups excluding carboxylic acids is 1. The molecule has 0 radical (unpaired) electrons. The van der Waals surface area contributed by atoms with Crippen molar-refractivity contribution in [1.29, 1.82) is 0 Å². The van der Waals surface area contributed by atoms with Gasteiger partial charge in [0.15, 0.2) is 0 Å². The Morgan fingerprint density at radius 2 is 1.82 bits per heavy atom. The van der Waals surface area contributed by atoms with Gasteiger partial charge in [0, 0.05) is 16.6 Å². The van der Waals surface area contributed by atoms with Crippen molar-refractivity contribution in [2.75, 3.05) is 0 Å². The summed E-state index contributed by atoms with van der Waals surface area (Å²) in [5.41, 5.74) is 2.31. The maximum atomic E-state index is 11.9. The summed E-state index contributed by atoms with van der Waals surface area (Å²) in [6, 6.07) is 18.3. The van der Waals surface area contributed by atoms with Crippen molar-refractivity contribution < 1.29 is 4.79 Å². The van der Waals surface area contributed by atoms with Crippen molar-refractivity contribution in [3.63, 3.8) is 0 Å². The van der Waals surface area contributed by atoms with E-state index >= 15 is 0 Å². The zero-order valence-electron chi connectivity index (χ0n) is 12.6. The minimum Gasteiger partial charge on any atom is -0.350 e. The predicted octanol–water partition coefficient (Wildman–Crippen LogP) is 4.60. The van der Waals surface area contributed by atoms with Crippen LogP contribution in [0, 0.1) is 0 Å². The molecule has 22 heavy (non-hydrogen) atoms. The quantitative estimate of drug-likeness (QED) is 0.752. The highest BCUT2D eigenvalue weighted by Crippen LogP contribution is 2.11. The zero-order valence-corrected chi connectivity index (χ0v) is 14.2. The van der Waals surface area contributed by atoms with E-state index in [2.05, 4.69) is 33.4 Å². The molecule has 114 valence electrons. The van der Waals surface area contributed by atoms with Gasteiger partial charge in [-0.3, -0.25) is 4.79 Å². The number of hydrogen-bond acceptors (Lipinski definition) is 1. The van der Waals surface area contributed by atoms with E-state index < -0.39 is 0 Å². The van der Waals surface area contributed by atoms with Crippen molar-refractivity contribution >= 4 is 27.9 Å². The molecule has 2 rings (SSSR count). The Hall–Kier alpha value is -1.87. The summed E-state index contributed by atoms with van der Waals surface area (Å²) >= 11 is 3.39. The molecule has 1 unspecified atom stereocenters. The lowest BCUT2D eigenvalue weighted by Crippen LogP contribution is -2.31. The zero-order chi connectivity index (χ0) is 15.8. The Morgan fingerprint density at radius 3 is 2.50 bits per heavy atom. The molecule has 2 nitrogen and oxygen atoms in total. The third kappa shape index (κ3) is 5.86. The lowest BCUT2D eigenvalue weighted by molar-refractivity contribution is -0.117. The van der Waals surface area contributed by atoms with E-state index in [1.54, 1.807) is 6.08 Å². The van der Waals surface area contributed by atoms with Crippen molar-refractivity contribution in [3.8, 4) is 0 Å². The van der Waals surface area contributed by atoms with Gasteiger partial charge in [0.1, 0.15) is 0 Å². The van der Waals surface area contributed by atoms with Crippen LogP contribution in [0.1, 0.15) is 24.5 Å². The van der Waals surface area contributed by atoms with Gasteiger partial charge in [-0.05, 0) is 49.1 Å². The topological polar surface area (TPSA) is 29.1 Å². The first-order valence-electron chi connectivity index (χ1n) is 7.41. The van der Waals surface area contributed by atoms with Crippen LogP contribution in [-0.2, 0) is 11.2 Å². The fourth-order valence-corrected chi connectivity index (χ4v) is 2.40. The van der Waals surface area contributed by atoms with E-state index in [9.17, 15) is 4.79 Å². The highest BCUT2D eigenvalue weighted by Gasteiger charge is 2.05. The first-order chi connectivity index (χ1) is 10.6. The molecule has 0 saturated heterocycles. The lowest BCUT2D eigenvalue weighted by atomic mass is 10.1. The molecule has 1 N–H and O–H groups in total. The molecule has 0 heterocycles. The van der Waals surface area contributed by atoms with E-state index in [0.717, 1.165) is 22.9 Å². The van der Waals surface area contributed by atoms with Crippen LogP contribution in [0.3, 0.4) is 0 Å². The van der Waals surface area contributed by atoms with Gasteiger partial charge in [-0.15, -0.1) is 0 Å². The second-order valence-corrected chi connectivity index (χ2v) is 6.23. The molecule has 0 aliphatic heterocycles. The van der Waals surface area contributed by atoms with Crippen molar-refractivity contribution in [3.05, 3.63) is 76.3 Å². The summed E-state index contributed by atoms with van der Waals surface area (Å²) in [7, 11) is 0. The van der Waals surface area contributed by atoms with E-state index in [1.807, 2.05) is 55.5 Å². The molecule has 1 atom stereocenters. The molecule has 0 fully saturated rings. The van der Waals surface area contributed by atoms with Crippen LogP contribution in [0.15, 0.2) is 65.1 Å². The molecule has 0 saturated carbocycles. The van der Waals surface area contributed by atoms with Gasteiger partial charge in [0.2, 0.25) is 5.91 Å². The molecule has 2 aromatic carbocycles. The second-order valence-electron chi connectivity index (χ2n) is 5.32. The average Bonchev–Trinajstić information content (AvgIpc) is 2.53. The second kappa shape index (κ2) is 8.54. The minimum absolute atomic E-state index is 0.0523. The molecular weight excluding hydrogens is 338 g/mol. The van der Waals surface area contributed by atoms with Crippen molar-refractivity contribution in [1.82, 2.24) is 5.32 Å². The number of hydrogen-bond donors (Lipinski definition) is 1. The molecule has 3 heteroatoms. The highest BCUT2D eigenvalue weighted by molar-refractivity contribution is 9.10. The Balaban J connectivity index is 1.77. The van der Waals surface area contributed by atoms with Gasteiger partial charge in [-0.2, -0.15) is 0 Å². The SMILES string of the molecule is CC(CCc1ccccc1)NC(=O)/C=C/c1ccc(Br)cc1. The van der Waals surface area contributed by atoms with Crippen LogP contribution in [0.5, 0.6) is 0 Å². The normalized spacial score (nSPS) is 12.3. The summed E-state index contributed by atoms with van der Waals surface area (Å²) in [6.45, 7) is 2.04. The molecule has 0 spiro atoms. The van der Waals surface area contributed by atoms with Crippen LogP contribution in [0.2, 0.25) is 0 Å². The fraction of sp³-hybridized carbons (Fsp3) is 0.211. The van der Waals surface area contributed by atoms with Crippen LogP contribution in [0.4, 0.5) is 0 Å². The van der Waals surface area contributed by atoms with Gasteiger partial charge >= 0.3 is 0 Å². The number of amides is 1. The smallest absolute Gasteiger partial charge is 0.244 e. The number of rotatable bonds is 6. The summed E-state index contributed by atoms with van der Waals surface area (Å²) in [6.07, 6.45) is 5.31. The predicted molar refractivity (Wildman–Crippen MR) is 95.5 cm³/mol. The Kier molecular flexibility index (Phi) is 6.41. The maximum Gasteiger partial charge on any atom is 0.244 e. The van der Waals surface area contributed by atoms with Crippen LogP contribution in [0.25, 0.3) is 6.08 Å². The molecule has 0 aliphatic rings. The largest absolute Gasteiger partial charge is 0.350 e. The van der Waals surface area contributed by atoms with Gasteiger partial charge in [-0.1, -0.05) is 58.4 Å². The highest BCUT2D eigenvalue weighted by atomic mass is 79.9. The first-order valence-corrected chi connectivity index (χ1v) is 8.21. The fourth-order valence-electron chi connectivity index (χ4n) is 2.14. The summed E-state index contributed by atoms with van der Waals surface area (Å²) in [5.74, 6) is -0.0523. The van der Waals surface area contributed by atoms with E-state index in [-0.39, 0.29) is 11.9 Å². The number of nitrogens with one attached hydrogen (secondary N) is 1. The Labute approximate surface area is 140 Å². The molecule has 0 bridgehead atoms. The minimum atomic E-state index is -0.0523. The van der Waals surface area contributed by atoms with Crippen molar-refractivity contribution in [2.24, 2.45) is 0 Å².